The summed E-state index contributed by atoms with van der Waals surface area (Å²) >= 11 is 1.69. The van der Waals surface area contributed by atoms with E-state index in [4.69, 9.17) is 0 Å². The summed E-state index contributed by atoms with van der Waals surface area (Å²) in [7, 11) is 0. The zero-order valence-corrected chi connectivity index (χ0v) is 7.43. The molecule has 1 nitrogen and oxygen atoms in total. The van der Waals surface area contributed by atoms with Gasteiger partial charge in [0.25, 0.3) is 0 Å². The van der Waals surface area contributed by atoms with E-state index in [0.29, 0.717) is 12.4 Å². The van der Waals surface area contributed by atoms with Crippen molar-refractivity contribution < 1.29 is 13.6 Å². The number of hydrogen-bond donors (Lipinski definition) is 0. The number of aldehydes is 1. The van der Waals surface area contributed by atoms with E-state index in [1.54, 1.807) is 22.6 Å². The molecule has 0 saturated carbocycles. The van der Waals surface area contributed by atoms with Crippen LogP contribution < -0.4 is 0 Å². The second kappa shape index (κ2) is 3.25. The van der Waals surface area contributed by atoms with Crippen molar-refractivity contribution >= 4 is 28.9 Å². The Morgan fingerprint density at radius 1 is 1.27 bits per heavy atom. The van der Waals surface area contributed by atoms with Gasteiger partial charge in [-0.2, -0.15) is 0 Å². The van der Waals surface area contributed by atoms with Crippen LogP contribution in [0.25, 0.3) is 0 Å². The highest BCUT2D eigenvalue weighted by atomic mass is 127. The molecule has 0 heterocycles. The Labute approximate surface area is 75.6 Å². The summed E-state index contributed by atoms with van der Waals surface area (Å²) in [5, 5.41) is 0. The van der Waals surface area contributed by atoms with Crippen LogP contribution in [0.5, 0.6) is 0 Å². The highest BCUT2D eigenvalue weighted by molar-refractivity contribution is 14.1. The fraction of sp³-hybridized carbons (Fsp3) is 0. The van der Waals surface area contributed by atoms with Gasteiger partial charge in [-0.15, -0.1) is 0 Å². The number of rotatable bonds is 1. The molecule has 0 N–H and O–H groups in total. The van der Waals surface area contributed by atoms with E-state index in [-0.39, 0.29) is 9.13 Å². The summed E-state index contributed by atoms with van der Waals surface area (Å²) in [6, 6.07) is 1.86. The van der Waals surface area contributed by atoms with Gasteiger partial charge in [0, 0.05) is 9.64 Å². The van der Waals surface area contributed by atoms with Crippen LogP contribution in [-0.2, 0) is 0 Å². The average molecular weight is 268 g/mol. The van der Waals surface area contributed by atoms with E-state index in [2.05, 4.69) is 0 Å². The van der Waals surface area contributed by atoms with Gasteiger partial charge in [0.15, 0.2) is 6.29 Å². The van der Waals surface area contributed by atoms with Gasteiger partial charge in [0.2, 0.25) is 0 Å². The number of carbonyl (C=O) groups excluding carboxylic acids is 1. The van der Waals surface area contributed by atoms with Crippen molar-refractivity contribution in [3.63, 3.8) is 0 Å². The van der Waals surface area contributed by atoms with Gasteiger partial charge in [0.1, 0.15) is 11.6 Å². The van der Waals surface area contributed by atoms with Gasteiger partial charge < -0.3 is 0 Å². The first kappa shape index (κ1) is 8.58. The van der Waals surface area contributed by atoms with Gasteiger partial charge in [0.05, 0.1) is 5.56 Å². The molecule has 0 aliphatic rings. The highest BCUT2D eigenvalue weighted by Gasteiger charge is 2.06. The molecule has 1 aromatic carbocycles. The third kappa shape index (κ3) is 1.74. The Morgan fingerprint density at radius 3 is 2.45 bits per heavy atom. The average Bonchev–Trinajstić information content (AvgIpc) is 1.97. The molecule has 0 amide bonds. The molecule has 0 unspecified atom stereocenters. The Morgan fingerprint density at radius 2 is 1.91 bits per heavy atom. The van der Waals surface area contributed by atoms with Crippen LogP contribution in [0.3, 0.4) is 0 Å². The van der Waals surface area contributed by atoms with Crippen LogP contribution in [0.2, 0.25) is 0 Å². The minimum atomic E-state index is -0.821. The Hall–Kier alpha value is -0.520. The number of halogens is 3. The van der Waals surface area contributed by atoms with Crippen LogP contribution >= 0.6 is 22.6 Å². The summed E-state index contributed by atoms with van der Waals surface area (Å²) in [6.07, 6.45) is 0.358. The van der Waals surface area contributed by atoms with Crippen molar-refractivity contribution in [3.05, 3.63) is 32.9 Å². The first-order chi connectivity index (χ1) is 5.15. The Bertz CT molecular complexity index is 299. The molecule has 0 bridgehead atoms. The highest BCUT2D eigenvalue weighted by Crippen LogP contribution is 2.14. The molecule has 11 heavy (non-hydrogen) atoms. The summed E-state index contributed by atoms with van der Waals surface area (Å²) < 4.78 is 25.3. The smallest absolute Gasteiger partial charge is 0.153 e. The van der Waals surface area contributed by atoms with E-state index in [9.17, 15) is 13.6 Å². The Balaban J connectivity index is 3.31. The molecule has 0 aliphatic heterocycles. The monoisotopic (exact) mass is 268 g/mol. The normalized spacial score (nSPS) is 9.73. The fourth-order valence-corrected chi connectivity index (χ4v) is 1.12. The van der Waals surface area contributed by atoms with Crippen LogP contribution in [0.1, 0.15) is 10.4 Å². The molecular formula is C7H3F2IO. The standard InChI is InChI=1S/C7H3F2IO/c8-5-2-6(9)7(10)1-4(5)3-11/h1-3H. The van der Waals surface area contributed by atoms with Gasteiger partial charge in [-0.1, -0.05) is 0 Å². The van der Waals surface area contributed by atoms with E-state index in [1.165, 1.54) is 0 Å². The molecular weight excluding hydrogens is 265 g/mol. The van der Waals surface area contributed by atoms with E-state index >= 15 is 0 Å². The lowest BCUT2D eigenvalue weighted by Crippen LogP contribution is -1.91. The molecule has 58 valence electrons. The maximum atomic E-state index is 12.6. The van der Waals surface area contributed by atoms with Crippen molar-refractivity contribution in [1.82, 2.24) is 0 Å². The lowest BCUT2D eigenvalue weighted by Gasteiger charge is -1.96. The first-order valence-electron chi connectivity index (χ1n) is 2.75. The minimum Gasteiger partial charge on any atom is -0.298 e. The Kier molecular flexibility index (Phi) is 2.53. The van der Waals surface area contributed by atoms with Crippen molar-refractivity contribution in [3.8, 4) is 0 Å². The maximum absolute atomic E-state index is 12.6. The van der Waals surface area contributed by atoms with Gasteiger partial charge in [-0.05, 0) is 28.7 Å². The zero-order chi connectivity index (χ0) is 8.43. The minimum absolute atomic E-state index is 0.115. The predicted octanol–water partition coefficient (Wildman–Crippen LogP) is 2.38. The molecule has 1 rings (SSSR count). The second-order valence-electron chi connectivity index (χ2n) is 1.91. The molecule has 0 fully saturated rings. The molecule has 4 heteroatoms. The molecule has 0 radical (unpaired) electrons. The SMILES string of the molecule is O=Cc1cc(I)c(F)cc1F. The molecule has 0 spiro atoms. The van der Waals surface area contributed by atoms with Gasteiger partial charge in [-0.25, -0.2) is 8.78 Å². The maximum Gasteiger partial charge on any atom is 0.153 e. The summed E-state index contributed by atoms with van der Waals surface area (Å²) in [5.41, 5.74) is -0.115. The third-order valence-corrected chi connectivity index (χ3v) is 1.99. The topological polar surface area (TPSA) is 17.1 Å². The van der Waals surface area contributed by atoms with Crippen molar-refractivity contribution in [2.75, 3.05) is 0 Å². The molecule has 0 aliphatic carbocycles. The molecule has 0 saturated heterocycles. The zero-order valence-electron chi connectivity index (χ0n) is 5.27. The van der Waals surface area contributed by atoms with Crippen molar-refractivity contribution in [2.45, 2.75) is 0 Å². The van der Waals surface area contributed by atoms with E-state index < -0.39 is 11.6 Å². The van der Waals surface area contributed by atoms with E-state index in [1.807, 2.05) is 0 Å². The number of hydrogen-bond acceptors (Lipinski definition) is 1. The van der Waals surface area contributed by atoms with Gasteiger partial charge in [-0.3, -0.25) is 4.79 Å². The third-order valence-electron chi connectivity index (χ3n) is 1.17. The fourth-order valence-electron chi connectivity index (χ4n) is 0.628. The quantitative estimate of drug-likeness (QED) is 0.434. The van der Waals surface area contributed by atoms with Crippen LogP contribution in [0.15, 0.2) is 12.1 Å². The summed E-state index contributed by atoms with van der Waals surface area (Å²) in [6.45, 7) is 0. The largest absolute Gasteiger partial charge is 0.298 e. The van der Waals surface area contributed by atoms with Crippen LogP contribution in [0, 0.1) is 15.2 Å². The summed E-state index contributed by atoms with van der Waals surface area (Å²) in [5.74, 6) is -1.47. The van der Waals surface area contributed by atoms with Crippen molar-refractivity contribution in [1.29, 1.82) is 0 Å². The second-order valence-corrected chi connectivity index (χ2v) is 3.07. The lowest BCUT2D eigenvalue weighted by molar-refractivity contribution is 0.111. The molecule has 1 aromatic rings. The first-order valence-corrected chi connectivity index (χ1v) is 3.82. The van der Waals surface area contributed by atoms with Crippen molar-refractivity contribution in [2.24, 2.45) is 0 Å². The number of benzene rings is 1. The molecule has 0 aromatic heterocycles. The van der Waals surface area contributed by atoms with Crippen LogP contribution in [-0.4, -0.2) is 6.29 Å². The van der Waals surface area contributed by atoms with E-state index in [0.717, 1.165) is 6.07 Å². The molecule has 0 atom stereocenters. The predicted molar refractivity (Wildman–Crippen MR) is 44.5 cm³/mol. The lowest BCUT2D eigenvalue weighted by atomic mass is 10.2. The van der Waals surface area contributed by atoms with Crippen LogP contribution in [0.4, 0.5) is 8.78 Å². The van der Waals surface area contributed by atoms with Gasteiger partial charge >= 0.3 is 0 Å². The number of carbonyl (C=O) groups is 1. The summed E-state index contributed by atoms with van der Waals surface area (Å²) in [4.78, 5) is 10.1.